The first-order valence-corrected chi connectivity index (χ1v) is 9.01. The van der Waals surface area contributed by atoms with Crippen LogP contribution in [0.3, 0.4) is 0 Å². The maximum atomic E-state index is 12.3. The van der Waals surface area contributed by atoms with E-state index in [1.807, 2.05) is 56.3 Å². The molecule has 3 aromatic rings. The van der Waals surface area contributed by atoms with Crippen LogP contribution >= 0.6 is 0 Å². The van der Waals surface area contributed by atoms with Gasteiger partial charge in [-0.15, -0.1) is 0 Å². The van der Waals surface area contributed by atoms with Crippen molar-refractivity contribution in [1.82, 2.24) is 5.43 Å². The van der Waals surface area contributed by atoms with Gasteiger partial charge in [0.2, 0.25) is 0 Å². The Hall–Kier alpha value is -3.14. The average molecular weight is 360 g/mol. The number of aryl methyl sites for hydroxylation is 3. The van der Waals surface area contributed by atoms with E-state index >= 15 is 0 Å². The number of benzene rings is 3. The summed E-state index contributed by atoms with van der Waals surface area (Å²) < 4.78 is 5.87. The van der Waals surface area contributed by atoms with Crippen LogP contribution < -0.4 is 10.2 Å². The minimum atomic E-state index is -0.659. The monoisotopic (exact) mass is 360 g/mol. The predicted molar refractivity (Wildman–Crippen MR) is 110 cm³/mol. The van der Waals surface area contributed by atoms with Crippen LogP contribution in [-0.2, 0) is 4.79 Å². The van der Waals surface area contributed by atoms with Gasteiger partial charge in [0.1, 0.15) is 5.75 Å². The molecule has 138 valence electrons. The first kappa shape index (κ1) is 18.6. The minimum absolute atomic E-state index is 0.290. The molecule has 1 N–H and O–H groups in total. The second-order valence-electron chi connectivity index (χ2n) is 6.78. The molecule has 1 unspecified atom stereocenters. The fraction of sp³-hybridized carbons (Fsp3) is 0.217. The molecule has 0 aliphatic heterocycles. The highest BCUT2D eigenvalue weighted by molar-refractivity contribution is 5.89. The van der Waals surface area contributed by atoms with E-state index in [-0.39, 0.29) is 5.91 Å². The van der Waals surface area contributed by atoms with Gasteiger partial charge in [0, 0.05) is 10.9 Å². The molecule has 0 heterocycles. The van der Waals surface area contributed by atoms with Crippen molar-refractivity contribution in [1.29, 1.82) is 0 Å². The SMILES string of the molecule is Cc1cc(C)c(/C=N/NC(=O)C(C)Oc2cccc3ccccc23)c(C)c1. The first-order chi connectivity index (χ1) is 13.0. The van der Waals surface area contributed by atoms with Gasteiger partial charge in [0.25, 0.3) is 5.91 Å². The quantitative estimate of drug-likeness (QED) is 0.530. The summed E-state index contributed by atoms with van der Waals surface area (Å²) in [5.74, 6) is 0.395. The van der Waals surface area contributed by atoms with Gasteiger partial charge in [-0.3, -0.25) is 4.79 Å². The van der Waals surface area contributed by atoms with Crippen LogP contribution in [-0.4, -0.2) is 18.2 Å². The summed E-state index contributed by atoms with van der Waals surface area (Å²) in [5, 5.41) is 6.17. The van der Waals surface area contributed by atoms with Crippen molar-refractivity contribution >= 4 is 22.9 Å². The molecule has 0 saturated heterocycles. The van der Waals surface area contributed by atoms with Crippen LogP contribution in [0.4, 0.5) is 0 Å². The zero-order valence-electron chi connectivity index (χ0n) is 16.1. The molecule has 1 amide bonds. The normalized spacial score (nSPS) is 12.3. The molecular weight excluding hydrogens is 336 g/mol. The second kappa shape index (κ2) is 8.04. The Morgan fingerprint density at radius 3 is 2.44 bits per heavy atom. The fourth-order valence-electron chi connectivity index (χ4n) is 3.19. The highest BCUT2D eigenvalue weighted by Crippen LogP contribution is 2.26. The average Bonchev–Trinajstić information content (AvgIpc) is 2.64. The topological polar surface area (TPSA) is 50.7 Å². The van der Waals surface area contributed by atoms with Crippen LogP contribution in [0.1, 0.15) is 29.2 Å². The molecule has 3 rings (SSSR count). The number of nitrogens with zero attached hydrogens (tertiary/aromatic N) is 1. The molecule has 4 nitrogen and oxygen atoms in total. The van der Waals surface area contributed by atoms with Crippen LogP contribution in [0.25, 0.3) is 10.8 Å². The molecule has 0 radical (unpaired) electrons. The van der Waals surface area contributed by atoms with Crippen molar-refractivity contribution in [3.05, 3.63) is 76.9 Å². The molecule has 0 aliphatic carbocycles. The maximum Gasteiger partial charge on any atom is 0.280 e. The number of rotatable bonds is 5. The third-order valence-electron chi connectivity index (χ3n) is 4.53. The van der Waals surface area contributed by atoms with Gasteiger partial charge in [-0.1, -0.05) is 54.1 Å². The van der Waals surface area contributed by atoms with Crippen LogP contribution in [0.5, 0.6) is 5.75 Å². The lowest BCUT2D eigenvalue weighted by Crippen LogP contribution is -2.33. The zero-order valence-corrected chi connectivity index (χ0v) is 16.1. The summed E-state index contributed by atoms with van der Waals surface area (Å²) >= 11 is 0. The molecule has 1 atom stereocenters. The molecule has 0 aliphatic rings. The molecule has 4 heteroatoms. The van der Waals surface area contributed by atoms with Crippen molar-refractivity contribution in [2.75, 3.05) is 0 Å². The van der Waals surface area contributed by atoms with Crippen molar-refractivity contribution in [3.8, 4) is 5.75 Å². The molecule has 0 saturated carbocycles. The van der Waals surface area contributed by atoms with Gasteiger partial charge >= 0.3 is 0 Å². The summed E-state index contributed by atoms with van der Waals surface area (Å²) in [5.41, 5.74) is 7.06. The van der Waals surface area contributed by atoms with E-state index in [9.17, 15) is 4.79 Å². The fourth-order valence-corrected chi connectivity index (χ4v) is 3.19. The van der Waals surface area contributed by atoms with Crippen molar-refractivity contribution < 1.29 is 9.53 Å². The minimum Gasteiger partial charge on any atom is -0.480 e. The lowest BCUT2D eigenvalue weighted by atomic mass is 10.0. The van der Waals surface area contributed by atoms with Crippen LogP contribution in [0, 0.1) is 20.8 Å². The Balaban J connectivity index is 1.68. The summed E-state index contributed by atoms with van der Waals surface area (Å²) in [6, 6.07) is 17.9. The number of hydrogen-bond donors (Lipinski definition) is 1. The zero-order chi connectivity index (χ0) is 19.4. The smallest absolute Gasteiger partial charge is 0.280 e. The number of fused-ring (bicyclic) bond motifs is 1. The molecule has 0 fully saturated rings. The molecular formula is C23H24N2O2. The molecule has 3 aromatic carbocycles. The second-order valence-corrected chi connectivity index (χ2v) is 6.78. The van der Waals surface area contributed by atoms with Crippen LogP contribution in [0.2, 0.25) is 0 Å². The standard InChI is InChI=1S/C23H24N2O2/c1-15-12-16(2)21(17(3)13-15)14-24-25-23(26)18(4)27-22-11-7-9-19-8-5-6-10-20(19)22/h5-14,18H,1-4H3,(H,25,26)/b24-14+. The van der Waals surface area contributed by atoms with E-state index in [1.54, 1.807) is 13.1 Å². The lowest BCUT2D eigenvalue weighted by molar-refractivity contribution is -0.127. The van der Waals surface area contributed by atoms with Gasteiger partial charge in [0.05, 0.1) is 6.21 Å². The summed E-state index contributed by atoms with van der Waals surface area (Å²) in [6.07, 6.45) is 1.03. The number of ether oxygens (including phenoxy) is 1. The third-order valence-corrected chi connectivity index (χ3v) is 4.53. The molecule has 27 heavy (non-hydrogen) atoms. The first-order valence-electron chi connectivity index (χ1n) is 9.01. The largest absolute Gasteiger partial charge is 0.480 e. The predicted octanol–water partition coefficient (Wildman–Crippen LogP) is 4.68. The number of amides is 1. The van der Waals surface area contributed by atoms with E-state index in [4.69, 9.17) is 4.74 Å². The van der Waals surface area contributed by atoms with Gasteiger partial charge in [-0.2, -0.15) is 5.10 Å². The van der Waals surface area contributed by atoms with Gasteiger partial charge in [0.15, 0.2) is 6.10 Å². The van der Waals surface area contributed by atoms with E-state index in [0.717, 1.165) is 27.5 Å². The van der Waals surface area contributed by atoms with E-state index in [1.165, 1.54) is 5.56 Å². The number of carbonyl (C=O) groups excluding carboxylic acids is 1. The summed E-state index contributed by atoms with van der Waals surface area (Å²) in [4.78, 5) is 12.3. The Morgan fingerprint density at radius 1 is 1.04 bits per heavy atom. The van der Waals surface area contributed by atoms with Crippen molar-refractivity contribution in [2.24, 2.45) is 5.10 Å². The lowest BCUT2D eigenvalue weighted by Gasteiger charge is -2.15. The van der Waals surface area contributed by atoms with E-state index < -0.39 is 6.10 Å². The highest BCUT2D eigenvalue weighted by atomic mass is 16.5. The van der Waals surface area contributed by atoms with Crippen molar-refractivity contribution in [2.45, 2.75) is 33.8 Å². The van der Waals surface area contributed by atoms with E-state index in [2.05, 4.69) is 29.6 Å². The van der Waals surface area contributed by atoms with E-state index in [0.29, 0.717) is 5.75 Å². The molecule has 0 bridgehead atoms. The molecule has 0 spiro atoms. The van der Waals surface area contributed by atoms with Gasteiger partial charge < -0.3 is 4.74 Å². The summed E-state index contributed by atoms with van der Waals surface area (Å²) in [7, 11) is 0. The van der Waals surface area contributed by atoms with Crippen molar-refractivity contribution in [3.63, 3.8) is 0 Å². The Labute approximate surface area is 159 Å². The van der Waals surface area contributed by atoms with Crippen LogP contribution in [0.15, 0.2) is 59.7 Å². The van der Waals surface area contributed by atoms with Gasteiger partial charge in [-0.05, 0) is 50.3 Å². The maximum absolute atomic E-state index is 12.3. The Kier molecular flexibility index (Phi) is 5.55. The van der Waals surface area contributed by atoms with Gasteiger partial charge in [-0.25, -0.2) is 5.43 Å². The number of hydrazone groups is 1. The number of carbonyl (C=O) groups is 1. The Morgan fingerprint density at radius 2 is 1.70 bits per heavy atom. The number of nitrogens with one attached hydrogen (secondary N) is 1. The highest BCUT2D eigenvalue weighted by Gasteiger charge is 2.15. The number of hydrogen-bond acceptors (Lipinski definition) is 3. The molecule has 0 aromatic heterocycles. The third kappa shape index (κ3) is 4.34. The Bertz CT molecular complexity index is 980. The summed E-state index contributed by atoms with van der Waals surface area (Å²) in [6.45, 7) is 7.86.